The lowest BCUT2D eigenvalue weighted by Gasteiger charge is -2.12. The largest absolute Gasteiger partial charge is 0.490 e. The highest BCUT2D eigenvalue weighted by atomic mass is 19.2. The average molecular weight is 495 g/mol. The van der Waals surface area contributed by atoms with Crippen molar-refractivity contribution in [3.8, 4) is 33.8 Å². The Morgan fingerprint density at radius 2 is 1.19 bits per heavy atom. The van der Waals surface area contributed by atoms with E-state index < -0.39 is 23.3 Å². The van der Waals surface area contributed by atoms with Crippen LogP contribution in [-0.4, -0.2) is 6.61 Å². The molecule has 4 aromatic rings. The fourth-order valence-electron chi connectivity index (χ4n) is 3.74. The molecular formula is C30H26F4O2. The fraction of sp³-hybridized carbons (Fsp3) is 0.200. The predicted molar refractivity (Wildman–Crippen MR) is 133 cm³/mol. The van der Waals surface area contributed by atoms with Gasteiger partial charge in [0.15, 0.2) is 23.2 Å². The molecule has 0 bridgehead atoms. The van der Waals surface area contributed by atoms with E-state index in [9.17, 15) is 17.6 Å². The summed E-state index contributed by atoms with van der Waals surface area (Å²) in [6, 6.07) is 19.4. The van der Waals surface area contributed by atoms with E-state index in [1.165, 1.54) is 18.2 Å². The highest BCUT2D eigenvalue weighted by Crippen LogP contribution is 2.32. The van der Waals surface area contributed by atoms with Crippen LogP contribution in [-0.2, 0) is 6.61 Å². The van der Waals surface area contributed by atoms with Crippen LogP contribution in [0.2, 0.25) is 0 Å². The second-order valence-corrected chi connectivity index (χ2v) is 8.52. The molecule has 0 unspecified atom stereocenters. The van der Waals surface area contributed by atoms with Gasteiger partial charge in [-0.15, -0.1) is 0 Å². The molecule has 0 aliphatic rings. The second kappa shape index (κ2) is 11.3. The Kier molecular flexibility index (Phi) is 7.93. The van der Waals surface area contributed by atoms with Crippen LogP contribution >= 0.6 is 0 Å². The minimum Gasteiger partial charge on any atom is -0.490 e. The number of hydrogen-bond donors (Lipinski definition) is 0. The van der Waals surface area contributed by atoms with E-state index in [-0.39, 0.29) is 29.0 Å². The first-order valence-electron chi connectivity index (χ1n) is 11.8. The van der Waals surface area contributed by atoms with Crippen molar-refractivity contribution in [3.05, 3.63) is 107 Å². The average Bonchev–Trinajstić information content (AvgIpc) is 2.89. The van der Waals surface area contributed by atoms with Crippen molar-refractivity contribution in [2.75, 3.05) is 6.61 Å². The summed E-state index contributed by atoms with van der Waals surface area (Å²) in [5, 5.41) is 0. The molecule has 0 spiro atoms. The number of rotatable bonds is 9. The van der Waals surface area contributed by atoms with Crippen molar-refractivity contribution in [3.63, 3.8) is 0 Å². The SMILES string of the molecule is CCCCOc1ccc(COc2ccc(-c3ccc(-c4ccc(C)cc4)c(F)c3F)cc2)c(F)c1F. The monoisotopic (exact) mass is 494 g/mol. The molecule has 0 saturated heterocycles. The van der Waals surface area contributed by atoms with Gasteiger partial charge in [-0.25, -0.2) is 13.2 Å². The molecule has 0 aliphatic heterocycles. The third-order valence-electron chi connectivity index (χ3n) is 5.89. The molecule has 0 aliphatic carbocycles. The first kappa shape index (κ1) is 25.3. The van der Waals surface area contributed by atoms with Crippen molar-refractivity contribution in [2.24, 2.45) is 0 Å². The van der Waals surface area contributed by atoms with E-state index >= 15 is 0 Å². The van der Waals surface area contributed by atoms with Gasteiger partial charge in [0.25, 0.3) is 0 Å². The van der Waals surface area contributed by atoms with Gasteiger partial charge in [0.2, 0.25) is 5.82 Å². The topological polar surface area (TPSA) is 18.5 Å². The molecule has 0 amide bonds. The van der Waals surface area contributed by atoms with E-state index in [0.717, 1.165) is 18.4 Å². The molecule has 0 heterocycles. The molecule has 0 atom stereocenters. The maximum Gasteiger partial charge on any atom is 0.201 e. The van der Waals surface area contributed by atoms with Crippen molar-refractivity contribution in [1.29, 1.82) is 0 Å². The molecule has 6 heteroatoms. The number of ether oxygens (including phenoxy) is 2. The van der Waals surface area contributed by atoms with Crippen molar-refractivity contribution < 1.29 is 27.0 Å². The van der Waals surface area contributed by atoms with Gasteiger partial charge in [-0.3, -0.25) is 0 Å². The van der Waals surface area contributed by atoms with Crippen LogP contribution < -0.4 is 9.47 Å². The van der Waals surface area contributed by atoms with Gasteiger partial charge in [-0.1, -0.05) is 67.4 Å². The smallest absolute Gasteiger partial charge is 0.201 e. The van der Waals surface area contributed by atoms with Crippen LogP contribution in [0.25, 0.3) is 22.3 Å². The van der Waals surface area contributed by atoms with Crippen LogP contribution in [0.3, 0.4) is 0 Å². The van der Waals surface area contributed by atoms with Crippen LogP contribution in [0.15, 0.2) is 72.8 Å². The first-order chi connectivity index (χ1) is 17.4. The molecule has 4 aromatic carbocycles. The van der Waals surface area contributed by atoms with Gasteiger partial charge in [0, 0.05) is 16.7 Å². The Morgan fingerprint density at radius 1 is 0.611 bits per heavy atom. The lowest BCUT2D eigenvalue weighted by atomic mass is 9.98. The minimum absolute atomic E-state index is 0.0410. The van der Waals surface area contributed by atoms with Gasteiger partial charge < -0.3 is 9.47 Å². The number of unbranched alkanes of at least 4 members (excludes halogenated alkanes) is 1. The van der Waals surface area contributed by atoms with Crippen LogP contribution in [0.5, 0.6) is 11.5 Å². The number of hydrogen-bond acceptors (Lipinski definition) is 2. The standard InChI is InChI=1S/C30H26F4O2/c1-3-4-17-35-26-16-11-22(27(31)30(26)34)18-36-23-12-9-21(10-13-23)25-15-14-24(28(32)29(25)33)20-7-5-19(2)6-8-20/h5-16H,3-4,17-18H2,1-2H3. The van der Waals surface area contributed by atoms with Gasteiger partial charge in [0.05, 0.1) is 6.61 Å². The Balaban J connectivity index is 1.46. The van der Waals surface area contributed by atoms with Crippen molar-refractivity contribution in [2.45, 2.75) is 33.3 Å². The Bertz CT molecular complexity index is 1330. The normalized spacial score (nSPS) is 10.9. The maximum absolute atomic E-state index is 14.9. The molecule has 0 N–H and O–H groups in total. The Morgan fingerprint density at radius 3 is 1.78 bits per heavy atom. The zero-order valence-corrected chi connectivity index (χ0v) is 20.1. The zero-order chi connectivity index (χ0) is 25.7. The molecule has 2 nitrogen and oxygen atoms in total. The molecule has 0 aromatic heterocycles. The molecule has 0 saturated carbocycles. The highest BCUT2D eigenvalue weighted by Gasteiger charge is 2.17. The molecule has 36 heavy (non-hydrogen) atoms. The lowest BCUT2D eigenvalue weighted by molar-refractivity contribution is 0.279. The van der Waals surface area contributed by atoms with Crippen molar-refractivity contribution in [1.82, 2.24) is 0 Å². The van der Waals surface area contributed by atoms with Gasteiger partial charge in [0.1, 0.15) is 12.4 Å². The molecule has 186 valence electrons. The summed E-state index contributed by atoms with van der Waals surface area (Å²) in [5.41, 5.74) is 2.42. The first-order valence-corrected chi connectivity index (χ1v) is 11.8. The molecule has 4 rings (SSSR count). The minimum atomic E-state index is -1.05. The van der Waals surface area contributed by atoms with Crippen LogP contribution in [0.1, 0.15) is 30.9 Å². The molecule has 0 radical (unpaired) electrons. The number of halogens is 4. The summed E-state index contributed by atoms with van der Waals surface area (Å²) >= 11 is 0. The van der Waals surface area contributed by atoms with Gasteiger partial charge in [-0.2, -0.15) is 4.39 Å². The highest BCUT2D eigenvalue weighted by molar-refractivity contribution is 5.72. The van der Waals surface area contributed by atoms with Crippen LogP contribution in [0.4, 0.5) is 17.6 Å². The Labute approximate surface area is 208 Å². The predicted octanol–water partition coefficient (Wildman–Crippen LogP) is 8.64. The van der Waals surface area contributed by atoms with Gasteiger partial charge in [-0.05, 0) is 48.7 Å². The summed E-state index contributed by atoms with van der Waals surface area (Å²) in [4.78, 5) is 0. The molecule has 0 fully saturated rings. The summed E-state index contributed by atoms with van der Waals surface area (Å²) in [6.45, 7) is 4.01. The van der Waals surface area contributed by atoms with E-state index in [0.29, 0.717) is 23.5 Å². The van der Waals surface area contributed by atoms with E-state index in [4.69, 9.17) is 9.47 Å². The summed E-state index contributed by atoms with van der Waals surface area (Å²) in [7, 11) is 0. The summed E-state index contributed by atoms with van der Waals surface area (Å²) < 4.78 is 69.3. The van der Waals surface area contributed by atoms with Crippen molar-refractivity contribution >= 4 is 0 Å². The van der Waals surface area contributed by atoms with E-state index in [1.807, 2.05) is 26.0 Å². The Hall–Kier alpha value is -3.80. The lowest BCUT2D eigenvalue weighted by Crippen LogP contribution is -2.04. The van der Waals surface area contributed by atoms with Crippen LogP contribution in [0, 0.1) is 30.2 Å². The summed E-state index contributed by atoms with van der Waals surface area (Å²) in [5.74, 6) is -3.69. The number of benzene rings is 4. The molecular weight excluding hydrogens is 468 g/mol. The van der Waals surface area contributed by atoms with E-state index in [2.05, 4.69) is 0 Å². The third-order valence-corrected chi connectivity index (χ3v) is 5.89. The quantitative estimate of drug-likeness (QED) is 0.171. The fourth-order valence-corrected chi connectivity index (χ4v) is 3.74. The maximum atomic E-state index is 14.9. The van der Waals surface area contributed by atoms with E-state index in [1.54, 1.807) is 42.5 Å². The summed E-state index contributed by atoms with van der Waals surface area (Å²) in [6.07, 6.45) is 1.63. The second-order valence-electron chi connectivity index (χ2n) is 8.52. The number of aryl methyl sites for hydroxylation is 1. The van der Waals surface area contributed by atoms with Gasteiger partial charge >= 0.3 is 0 Å². The third kappa shape index (κ3) is 5.54. The zero-order valence-electron chi connectivity index (χ0n) is 20.1.